The van der Waals surface area contributed by atoms with Crippen molar-refractivity contribution >= 4 is 40.9 Å². The quantitative estimate of drug-likeness (QED) is 0.915. The first kappa shape index (κ1) is 13.7. The van der Waals surface area contributed by atoms with Gasteiger partial charge in [0.25, 0.3) is 0 Å². The van der Waals surface area contributed by atoms with Crippen LogP contribution in [0.15, 0.2) is 18.2 Å². The van der Waals surface area contributed by atoms with E-state index < -0.39 is 0 Å². The molecule has 0 radical (unpaired) electrons. The van der Waals surface area contributed by atoms with Gasteiger partial charge in [-0.05, 0) is 24.6 Å². The Morgan fingerprint density at radius 1 is 1.44 bits per heavy atom. The number of hydrogen-bond donors (Lipinski definition) is 1. The number of amides is 1. The van der Waals surface area contributed by atoms with E-state index in [1.165, 1.54) is 0 Å². The molecule has 0 saturated carbocycles. The number of benzene rings is 1. The molecular formula is C11H13Cl2NOS. The van der Waals surface area contributed by atoms with Gasteiger partial charge < -0.3 is 5.32 Å². The largest absolute Gasteiger partial charge is 0.358 e. The molecule has 88 valence electrons. The van der Waals surface area contributed by atoms with Gasteiger partial charge in [0.1, 0.15) is 0 Å². The minimum atomic E-state index is -0.0700. The molecule has 0 aliphatic heterocycles. The van der Waals surface area contributed by atoms with E-state index >= 15 is 0 Å². The Hall–Kier alpha value is -0.380. The highest BCUT2D eigenvalue weighted by atomic mass is 35.5. The van der Waals surface area contributed by atoms with Gasteiger partial charge in [-0.1, -0.05) is 29.3 Å². The predicted molar refractivity (Wildman–Crippen MR) is 71.3 cm³/mol. The summed E-state index contributed by atoms with van der Waals surface area (Å²) in [5.74, 6) is 0.774. The molecule has 0 aromatic heterocycles. The summed E-state index contributed by atoms with van der Waals surface area (Å²) in [4.78, 5) is 11.3. The zero-order chi connectivity index (χ0) is 12.1. The van der Waals surface area contributed by atoms with Gasteiger partial charge in [-0.2, -0.15) is 0 Å². The van der Waals surface area contributed by atoms with Gasteiger partial charge >= 0.3 is 0 Å². The lowest BCUT2D eigenvalue weighted by Gasteiger charge is -2.09. The van der Waals surface area contributed by atoms with Crippen molar-refractivity contribution in [2.24, 2.45) is 0 Å². The van der Waals surface area contributed by atoms with Crippen molar-refractivity contribution in [3.8, 4) is 0 Å². The highest BCUT2D eigenvalue weighted by Crippen LogP contribution is 2.25. The van der Waals surface area contributed by atoms with E-state index in [2.05, 4.69) is 5.32 Å². The van der Waals surface area contributed by atoms with Gasteiger partial charge in [0.2, 0.25) is 5.91 Å². The van der Waals surface area contributed by atoms with Gasteiger partial charge in [-0.15, -0.1) is 11.8 Å². The van der Waals surface area contributed by atoms with Crippen LogP contribution in [0.5, 0.6) is 0 Å². The molecule has 0 spiro atoms. The molecule has 0 heterocycles. The molecule has 1 rings (SSSR count). The van der Waals surface area contributed by atoms with E-state index in [1.807, 2.05) is 19.1 Å². The first-order valence-corrected chi connectivity index (χ1v) is 6.62. The number of nitrogens with one attached hydrogen (secondary N) is 1. The smallest absolute Gasteiger partial charge is 0.232 e. The minimum Gasteiger partial charge on any atom is -0.358 e. The molecule has 2 nitrogen and oxygen atoms in total. The molecule has 1 aromatic rings. The van der Waals surface area contributed by atoms with Crippen molar-refractivity contribution < 1.29 is 4.79 Å². The maximum atomic E-state index is 11.3. The summed E-state index contributed by atoms with van der Waals surface area (Å²) >= 11 is 13.3. The van der Waals surface area contributed by atoms with E-state index in [0.717, 1.165) is 11.3 Å². The highest BCUT2D eigenvalue weighted by Gasteiger charge is 2.11. The Bertz CT molecular complexity index is 384. The van der Waals surface area contributed by atoms with Gasteiger partial charge in [-0.3, -0.25) is 4.79 Å². The maximum Gasteiger partial charge on any atom is 0.232 e. The molecule has 0 bridgehead atoms. The average Bonchev–Trinajstić information content (AvgIpc) is 2.29. The van der Waals surface area contributed by atoms with Crippen molar-refractivity contribution in [1.82, 2.24) is 5.32 Å². The molecule has 0 fully saturated rings. The lowest BCUT2D eigenvalue weighted by atomic mass is 10.2. The topological polar surface area (TPSA) is 29.1 Å². The molecule has 0 aliphatic rings. The summed E-state index contributed by atoms with van der Waals surface area (Å²) in [5, 5.41) is 3.64. The second-order valence-corrected chi connectivity index (χ2v) is 5.46. The highest BCUT2D eigenvalue weighted by molar-refractivity contribution is 7.99. The summed E-state index contributed by atoms with van der Waals surface area (Å²) in [6.07, 6.45) is 0. The van der Waals surface area contributed by atoms with Crippen LogP contribution in [0.1, 0.15) is 12.5 Å². The Morgan fingerprint density at radius 2 is 2.12 bits per heavy atom. The predicted octanol–water partition coefficient (Wildman–Crippen LogP) is 3.36. The molecule has 16 heavy (non-hydrogen) atoms. The molecule has 5 heteroatoms. The maximum absolute atomic E-state index is 11.3. The monoisotopic (exact) mass is 277 g/mol. The lowest BCUT2D eigenvalue weighted by Crippen LogP contribution is -2.27. The van der Waals surface area contributed by atoms with Crippen molar-refractivity contribution in [1.29, 1.82) is 0 Å². The number of rotatable bonds is 4. The SMILES string of the molecule is CNC(=O)C(C)SCc1ccc(Cl)c(Cl)c1. The number of thioether (sulfide) groups is 1. The molecule has 1 atom stereocenters. The first-order chi connectivity index (χ1) is 7.54. The molecule has 1 aromatic carbocycles. The number of carbonyl (C=O) groups is 1. The molecule has 1 unspecified atom stereocenters. The average molecular weight is 278 g/mol. The van der Waals surface area contributed by atoms with Crippen LogP contribution in [0.2, 0.25) is 10.0 Å². The van der Waals surface area contributed by atoms with Gasteiger partial charge in [0.15, 0.2) is 0 Å². The summed E-state index contributed by atoms with van der Waals surface area (Å²) in [6.45, 7) is 1.88. The molecule has 0 saturated heterocycles. The lowest BCUT2D eigenvalue weighted by molar-refractivity contribution is -0.119. The van der Waals surface area contributed by atoms with E-state index in [9.17, 15) is 4.79 Å². The van der Waals surface area contributed by atoms with Crippen molar-refractivity contribution in [3.05, 3.63) is 33.8 Å². The molecular weight excluding hydrogens is 265 g/mol. The van der Waals surface area contributed by atoms with E-state index in [0.29, 0.717) is 10.0 Å². The third kappa shape index (κ3) is 3.89. The van der Waals surface area contributed by atoms with E-state index in [-0.39, 0.29) is 11.2 Å². The summed E-state index contributed by atoms with van der Waals surface area (Å²) in [7, 11) is 1.64. The van der Waals surface area contributed by atoms with Crippen LogP contribution in [0.4, 0.5) is 0 Å². The van der Waals surface area contributed by atoms with Crippen molar-refractivity contribution in [2.75, 3.05) is 7.05 Å². The third-order valence-electron chi connectivity index (χ3n) is 2.10. The normalized spacial score (nSPS) is 12.2. The Morgan fingerprint density at radius 3 is 2.69 bits per heavy atom. The second kappa shape index (κ2) is 6.38. The summed E-state index contributed by atoms with van der Waals surface area (Å²) in [5.41, 5.74) is 1.06. The molecule has 1 N–H and O–H groups in total. The molecule has 0 aliphatic carbocycles. The van der Waals surface area contributed by atoms with Crippen LogP contribution < -0.4 is 5.32 Å². The van der Waals surface area contributed by atoms with E-state index in [1.54, 1.807) is 24.9 Å². The second-order valence-electron chi connectivity index (χ2n) is 3.32. The zero-order valence-electron chi connectivity index (χ0n) is 9.09. The summed E-state index contributed by atoms with van der Waals surface area (Å²) in [6, 6.07) is 5.51. The van der Waals surface area contributed by atoms with Gasteiger partial charge in [0.05, 0.1) is 15.3 Å². The van der Waals surface area contributed by atoms with E-state index in [4.69, 9.17) is 23.2 Å². The van der Waals surface area contributed by atoms with Crippen molar-refractivity contribution in [3.63, 3.8) is 0 Å². The Labute approximate surface area is 110 Å². The standard InChI is InChI=1S/C11H13Cl2NOS/c1-7(11(15)14-2)16-6-8-3-4-9(12)10(13)5-8/h3-5,7H,6H2,1-2H3,(H,14,15). The van der Waals surface area contributed by atoms with Crippen LogP contribution in [-0.2, 0) is 10.5 Å². The first-order valence-electron chi connectivity index (χ1n) is 4.81. The molecule has 1 amide bonds. The Balaban J connectivity index is 2.55. The van der Waals surface area contributed by atoms with Crippen LogP contribution in [0.3, 0.4) is 0 Å². The number of halogens is 2. The van der Waals surface area contributed by atoms with Crippen LogP contribution in [-0.4, -0.2) is 18.2 Å². The minimum absolute atomic E-state index is 0.0325. The Kier molecular flexibility index (Phi) is 5.46. The fourth-order valence-electron chi connectivity index (χ4n) is 1.13. The van der Waals surface area contributed by atoms with Gasteiger partial charge in [-0.25, -0.2) is 0 Å². The summed E-state index contributed by atoms with van der Waals surface area (Å²) < 4.78 is 0. The fraction of sp³-hybridized carbons (Fsp3) is 0.364. The van der Waals surface area contributed by atoms with Crippen LogP contribution >= 0.6 is 35.0 Å². The third-order valence-corrected chi connectivity index (χ3v) is 4.05. The van der Waals surface area contributed by atoms with Crippen molar-refractivity contribution in [2.45, 2.75) is 17.9 Å². The fourth-order valence-corrected chi connectivity index (χ4v) is 2.34. The number of hydrogen-bond acceptors (Lipinski definition) is 2. The van der Waals surface area contributed by atoms with Crippen LogP contribution in [0, 0.1) is 0 Å². The zero-order valence-corrected chi connectivity index (χ0v) is 11.4. The van der Waals surface area contributed by atoms with Crippen LogP contribution in [0.25, 0.3) is 0 Å². The number of carbonyl (C=O) groups excluding carboxylic acids is 1. The van der Waals surface area contributed by atoms with Gasteiger partial charge in [0, 0.05) is 12.8 Å².